The van der Waals surface area contributed by atoms with Gasteiger partial charge in [0.2, 0.25) is 0 Å². The molecular formula is C13H20N2O2. The Morgan fingerprint density at radius 2 is 1.94 bits per heavy atom. The smallest absolute Gasteiger partial charge is 0.251 e. The van der Waals surface area contributed by atoms with Crippen LogP contribution in [0.3, 0.4) is 0 Å². The summed E-state index contributed by atoms with van der Waals surface area (Å²) in [5.41, 5.74) is 5.80. The summed E-state index contributed by atoms with van der Waals surface area (Å²) in [4.78, 5) is 12.0. The van der Waals surface area contributed by atoms with Crippen molar-refractivity contribution < 1.29 is 9.90 Å². The van der Waals surface area contributed by atoms with Crippen molar-refractivity contribution in [3.8, 4) is 5.75 Å². The zero-order chi connectivity index (χ0) is 13.1. The molecule has 1 rings (SSSR count). The van der Waals surface area contributed by atoms with E-state index in [4.69, 9.17) is 10.8 Å². The van der Waals surface area contributed by atoms with Crippen molar-refractivity contribution in [3.63, 3.8) is 0 Å². The molecule has 94 valence electrons. The second-order valence-electron chi connectivity index (χ2n) is 4.78. The maximum Gasteiger partial charge on any atom is 0.251 e. The van der Waals surface area contributed by atoms with Crippen molar-refractivity contribution in [2.24, 2.45) is 11.7 Å². The van der Waals surface area contributed by atoms with E-state index in [9.17, 15) is 4.79 Å². The molecule has 0 radical (unpaired) electrons. The van der Waals surface area contributed by atoms with Gasteiger partial charge in [-0.2, -0.15) is 0 Å². The van der Waals surface area contributed by atoms with Crippen LogP contribution in [0.5, 0.6) is 5.75 Å². The molecule has 1 atom stereocenters. The lowest BCUT2D eigenvalue weighted by atomic mass is 9.88. The van der Waals surface area contributed by atoms with Crippen LogP contribution in [0.15, 0.2) is 24.3 Å². The number of hydrogen-bond acceptors (Lipinski definition) is 3. The summed E-state index contributed by atoms with van der Waals surface area (Å²) >= 11 is 0. The fourth-order valence-corrected chi connectivity index (χ4v) is 1.38. The maximum atomic E-state index is 12.0. The zero-order valence-corrected chi connectivity index (χ0v) is 10.5. The number of nitrogens with two attached hydrogens (primary N) is 1. The van der Waals surface area contributed by atoms with Gasteiger partial charge >= 0.3 is 0 Å². The van der Waals surface area contributed by atoms with Crippen LogP contribution >= 0.6 is 0 Å². The van der Waals surface area contributed by atoms with Gasteiger partial charge in [-0.15, -0.1) is 0 Å². The number of carbonyl (C=O) groups excluding carboxylic acids is 1. The zero-order valence-electron chi connectivity index (χ0n) is 10.5. The molecule has 0 aliphatic carbocycles. The number of rotatable bonds is 4. The minimum absolute atomic E-state index is 0.145. The quantitative estimate of drug-likeness (QED) is 0.741. The van der Waals surface area contributed by atoms with E-state index in [-0.39, 0.29) is 17.6 Å². The molecule has 0 aliphatic rings. The second kappa shape index (κ2) is 5.19. The van der Waals surface area contributed by atoms with Gasteiger partial charge in [0.05, 0.1) is 5.54 Å². The largest absolute Gasteiger partial charge is 0.508 e. The number of benzene rings is 1. The Morgan fingerprint density at radius 3 is 2.35 bits per heavy atom. The SMILES string of the molecule is CC(C)C(C)(CN)NC(=O)c1ccc(O)cc1. The molecule has 0 spiro atoms. The van der Waals surface area contributed by atoms with Crippen molar-refractivity contribution in [1.82, 2.24) is 5.32 Å². The van der Waals surface area contributed by atoms with Crippen LogP contribution in [-0.2, 0) is 0 Å². The van der Waals surface area contributed by atoms with E-state index in [2.05, 4.69) is 5.32 Å². The first-order valence-corrected chi connectivity index (χ1v) is 5.70. The van der Waals surface area contributed by atoms with E-state index in [1.807, 2.05) is 20.8 Å². The predicted octanol–water partition coefficient (Wildman–Crippen LogP) is 1.50. The highest BCUT2D eigenvalue weighted by Crippen LogP contribution is 2.16. The number of phenolic OH excluding ortho intramolecular Hbond substituents is 1. The van der Waals surface area contributed by atoms with Gasteiger partial charge in [-0.05, 0) is 37.1 Å². The Hall–Kier alpha value is -1.55. The Bertz CT molecular complexity index is 387. The molecule has 1 aromatic carbocycles. The van der Waals surface area contributed by atoms with Gasteiger partial charge in [0.15, 0.2) is 0 Å². The topological polar surface area (TPSA) is 75.3 Å². The summed E-state index contributed by atoms with van der Waals surface area (Å²) in [5, 5.41) is 12.1. The minimum atomic E-state index is -0.422. The summed E-state index contributed by atoms with van der Waals surface area (Å²) in [6.45, 7) is 6.35. The summed E-state index contributed by atoms with van der Waals surface area (Å²) in [6, 6.07) is 6.15. The Kier molecular flexibility index (Phi) is 4.12. The molecule has 0 fully saturated rings. The van der Waals surface area contributed by atoms with Gasteiger partial charge in [0, 0.05) is 12.1 Å². The van der Waals surface area contributed by atoms with Crippen LogP contribution in [0.1, 0.15) is 31.1 Å². The maximum absolute atomic E-state index is 12.0. The minimum Gasteiger partial charge on any atom is -0.508 e. The molecule has 0 aromatic heterocycles. The number of carbonyl (C=O) groups is 1. The average Bonchev–Trinajstić information content (AvgIpc) is 2.29. The molecular weight excluding hydrogens is 216 g/mol. The van der Waals surface area contributed by atoms with Gasteiger partial charge in [-0.1, -0.05) is 13.8 Å². The van der Waals surface area contributed by atoms with E-state index in [0.29, 0.717) is 12.1 Å². The molecule has 0 heterocycles. The average molecular weight is 236 g/mol. The third-order valence-corrected chi connectivity index (χ3v) is 3.23. The van der Waals surface area contributed by atoms with Crippen molar-refractivity contribution in [2.75, 3.05) is 6.54 Å². The molecule has 17 heavy (non-hydrogen) atoms. The Morgan fingerprint density at radius 1 is 1.41 bits per heavy atom. The van der Waals surface area contributed by atoms with Crippen LogP contribution in [0.4, 0.5) is 0 Å². The van der Waals surface area contributed by atoms with Crippen LogP contribution in [0.25, 0.3) is 0 Å². The van der Waals surface area contributed by atoms with Crippen molar-refractivity contribution in [1.29, 1.82) is 0 Å². The molecule has 0 saturated heterocycles. The first-order valence-electron chi connectivity index (χ1n) is 5.70. The van der Waals surface area contributed by atoms with Crippen molar-refractivity contribution in [3.05, 3.63) is 29.8 Å². The first kappa shape index (κ1) is 13.5. The third kappa shape index (κ3) is 3.20. The van der Waals surface area contributed by atoms with E-state index >= 15 is 0 Å². The summed E-state index contributed by atoms with van der Waals surface area (Å²) in [7, 11) is 0. The molecule has 1 amide bonds. The fourth-order valence-electron chi connectivity index (χ4n) is 1.38. The van der Waals surface area contributed by atoms with Crippen LogP contribution in [0.2, 0.25) is 0 Å². The lowest BCUT2D eigenvalue weighted by molar-refractivity contribution is 0.0883. The molecule has 0 saturated carbocycles. The van der Waals surface area contributed by atoms with Gasteiger partial charge in [0.1, 0.15) is 5.75 Å². The van der Waals surface area contributed by atoms with Crippen LogP contribution in [0, 0.1) is 5.92 Å². The molecule has 4 nitrogen and oxygen atoms in total. The van der Waals surface area contributed by atoms with E-state index in [1.165, 1.54) is 12.1 Å². The summed E-state index contributed by atoms with van der Waals surface area (Å²) in [5.74, 6) is 0.215. The summed E-state index contributed by atoms with van der Waals surface area (Å²) in [6.07, 6.45) is 0. The lowest BCUT2D eigenvalue weighted by Gasteiger charge is -2.33. The highest BCUT2D eigenvalue weighted by atomic mass is 16.3. The lowest BCUT2D eigenvalue weighted by Crippen LogP contribution is -2.55. The number of nitrogens with one attached hydrogen (secondary N) is 1. The molecule has 4 N–H and O–H groups in total. The molecule has 1 unspecified atom stereocenters. The second-order valence-corrected chi connectivity index (χ2v) is 4.78. The van der Waals surface area contributed by atoms with E-state index in [1.54, 1.807) is 12.1 Å². The molecule has 0 aliphatic heterocycles. The first-order chi connectivity index (χ1) is 7.89. The fraction of sp³-hybridized carbons (Fsp3) is 0.462. The van der Waals surface area contributed by atoms with Crippen LogP contribution < -0.4 is 11.1 Å². The molecule has 4 heteroatoms. The van der Waals surface area contributed by atoms with Crippen LogP contribution in [-0.4, -0.2) is 23.1 Å². The highest BCUT2D eigenvalue weighted by molar-refractivity contribution is 5.94. The van der Waals surface area contributed by atoms with Gasteiger partial charge < -0.3 is 16.2 Å². The number of phenols is 1. The monoisotopic (exact) mass is 236 g/mol. The molecule has 1 aromatic rings. The number of hydrogen-bond donors (Lipinski definition) is 3. The highest BCUT2D eigenvalue weighted by Gasteiger charge is 2.28. The standard InChI is InChI=1S/C13H20N2O2/c1-9(2)13(3,8-14)15-12(17)10-4-6-11(16)7-5-10/h4-7,9,16H,8,14H2,1-3H3,(H,15,17). The number of amides is 1. The van der Waals surface area contributed by atoms with Gasteiger partial charge in [-0.25, -0.2) is 0 Å². The third-order valence-electron chi connectivity index (χ3n) is 3.23. The Balaban J connectivity index is 2.81. The van der Waals surface area contributed by atoms with Gasteiger partial charge in [0.25, 0.3) is 5.91 Å². The van der Waals surface area contributed by atoms with Crippen molar-refractivity contribution in [2.45, 2.75) is 26.3 Å². The normalized spacial score (nSPS) is 14.4. The van der Waals surface area contributed by atoms with Crippen molar-refractivity contribution >= 4 is 5.91 Å². The molecule has 0 bridgehead atoms. The predicted molar refractivity (Wildman–Crippen MR) is 67.9 cm³/mol. The Labute approximate surface area is 102 Å². The van der Waals surface area contributed by atoms with Gasteiger partial charge in [-0.3, -0.25) is 4.79 Å². The van der Waals surface area contributed by atoms with E-state index < -0.39 is 5.54 Å². The summed E-state index contributed by atoms with van der Waals surface area (Å²) < 4.78 is 0. The van der Waals surface area contributed by atoms with E-state index in [0.717, 1.165) is 0 Å². The number of aromatic hydroxyl groups is 1.